The van der Waals surface area contributed by atoms with E-state index in [-0.39, 0.29) is 0 Å². The molecule has 0 spiro atoms. The highest BCUT2D eigenvalue weighted by Crippen LogP contribution is 2.24. The summed E-state index contributed by atoms with van der Waals surface area (Å²) in [5, 5.41) is 9.01. The van der Waals surface area contributed by atoms with E-state index in [9.17, 15) is 13.2 Å². The van der Waals surface area contributed by atoms with Gasteiger partial charge in [-0.2, -0.15) is 8.42 Å². The molecule has 1 aliphatic heterocycles. The fraction of sp³-hybridized carbons (Fsp3) is 0.750. The zero-order valence-corrected chi connectivity index (χ0v) is 6.17. The van der Waals surface area contributed by atoms with Crippen molar-refractivity contribution in [2.75, 3.05) is 6.61 Å². The van der Waals surface area contributed by atoms with Crippen LogP contribution in [0.5, 0.6) is 0 Å². The van der Waals surface area contributed by atoms with Crippen molar-refractivity contribution >= 4 is 16.1 Å². The molecule has 1 saturated heterocycles. The van der Waals surface area contributed by atoms with Gasteiger partial charge in [0.05, 0.1) is 6.42 Å². The van der Waals surface area contributed by atoms with Crippen molar-refractivity contribution in [2.24, 2.45) is 0 Å². The lowest BCUT2D eigenvalue weighted by atomic mass is 10.3. The molecule has 0 aromatic carbocycles. The van der Waals surface area contributed by atoms with Gasteiger partial charge in [0.1, 0.15) is 6.61 Å². The molecule has 7 heteroatoms. The van der Waals surface area contributed by atoms with Crippen LogP contribution in [0.15, 0.2) is 0 Å². The summed E-state index contributed by atoms with van der Waals surface area (Å²) in [4.78, 5) is 7.91. The number of hydrogen-bond acceptors (Lipinski definition) is 5. The molecular weight excluding hydrogens is 176 g/mol. The van der Waals surface area contributed by atoms with Gasteiger partial charge in [-0.1, -0.05) is 0 Å². The number of carbonyl (C=O) groups excluding carboxylic acids is 1. The Labute approximate surface area is 62.5 Å². The molecule has 0 aliphatic carbocycles. The summed E-state index contributed by atoms with van der Waals surface area (Å²) >= 11 is 0. The predicted octanol–water partition coefficient (Wildman–Crippen LogP) is -1.49. The van der Waals surface area contributed by atoms with Gasteiger partial charge in [-0.05, 0) is 0 Å². The monoisotopic (exact) mass is 182 g/mol. The van der Waals surface area contributed by atoms with E-state index in [2.05, 4.69) is 4.74 Å². The molecule has 1 fully saturated rings. The highest BCUT2D eigenvalue weighted by molar-refractivity contribution is 7.87. The lowest BCUT2D eigenvalue weighted by Crippen LogP contribution is -2.38. The fourth-order valence-corrected chi connectivity index (χ4v) is 1.19. The minimum Gasteiger partial charge on any atom is -0.461 e. The molecule has 0 amide bonds. The second-order valence-corrected chi connectivity index (χ2v) is 3.97. The maximum absolute atomic E-state index is 10.4. The maximum Gasteiger partial charge on any atom is 0.310 e. The SMILES string of the molecule is O=C1CC(O)(S(=O)(=O)O)CO1. The molecule has 2 N–H and O–H groups in total. The van der Waals surface area contributed by atoms with Crippen LogP contribution in [0, 0.1) is 0 Å². The molecule has 1 aliphatic rings. The van der Waals surface area contributed by atoms with Gasteiger partial charge in [-0.25, -0.2) is 0 Å². The lowest BCUT2D eigenvalue weighted by molar-refractivity contribution is -0.137. The summed E-state index contributed by atoms with van der Waals surface area (Å²) in [5.74, 6) is -0.842. The van der Waals surface area contributed by atoms with Gasteiger partial charge >= 0.3 is 5.97 Å². The number of esters is 1. The van der Waals surface area contributed by atoms with Crippen LogP contribution in [0.4, 0.5) is 0 Å². The molecule has 6 nitrogen and oxygen atoms in total. The molecule has 0 aromatic rings. The molecule has 0 bridgehead atoms. The van der Waals surface area contributed by atoms with Crippen LogP contribution in [0.25, 0.3) is 0 Å². The van der Waals surface area contributed by atoms with E-state index >= 15 is 0 Å². The third-order valence-corrected chi connectivity index (χ3v) is 2.58. The van der Waals surface area contributed by atoms with Crippen molar-refractivity contribution in [3.63, 3.8) is 0 Å². The van der Waals surface area contributed by atoms with Crippen LogP contribution >= 0.6 is 0 Å². The third-order valence-electron chi connectivity index (χ3n) is 1.36. The summed E-state index contributed by atoms with van der Waals surface area (Å²) in [6.07, 6.45) is -0.716. The van der Waals surface area contributed by atoms with Crippen molar-refractivity contribution in [3.8, 4) is 0 Å². The number of ether oxygens (including phenoxy) is 1. The highest BCUT2D eigenvalue weighted by atomic mass is 32.2. The highest BCUT2D eigenvalue weighted by Gasteiger charge is 2.49. The lowest BCUT2D eigenvalue weighted by Gasteiger charge is -2.13. The number of hydrogen-bond donors (Lipinski definition) is 2. The third kappa shape index (κ3) is 1.35. The van der Waals surface area contributed by atoms with E-state index in [0.29, 0.717) is 0 Å². The molecule has 0 saturated carbocycles. The average Bonchev–Trinajstić information content (AvgIpc) is 2.10. The summed E-state index contributed by atoms with van der Waals surface area (Å²) in [6, 6.07) is 0. The summed E-state index contributed by atoms with van der Waals surface area (Å²) in [6.45, 7) is -0.704. The second kappa shape index (κ2) is 2.16. The molecule has 0 radical (unpaired) electrons. The number of carbonyl (C=O) groups is 1. The minimum absolute atomic E-state index is 0.704. The number of rotatable bonds is 1. The normalized spacial score (nSPS) is 32.0. The van der Waals surface area contributed by atoms with E-state index in [1.807, 2.05) is 0 Å². The van der Waals surface area contributed by atoms with Crippen LogP contribution in [-0.2, 0) is 19.6 Å². The van der Waals surface area contributed by atoms with Gasteiger partial charge in [0.2, 0.25) is 4.93 Å². The number of aliphatic hydroxyl groups is 1. The Morgan fingerprint density at radius 1 is 1.55 bits per heavy atom. The molecule has 1 atom stereocenters. The van der Waals surface area contributed by atoms with Crippen LogP contribution in [0.3, 0.4) is 0 Å². The van der Waals surface area contributed by atoms with Crippen LogP contribution in [0.1, 0.15) is 6.42 Å². The van der Waals surface area contributed by atoms with E-state index in [0.717, 1.165) is 0 Å². The van der Waals surface area contributed by atoms with Crippen LogP contribution < -0.4 is 0 Å². The number of cyclic esters (lactones) is 1. The summed E-state index contributed by atoms with van der Waals surface area (Å²) < 4.78 is 33.3. The molecule has 0 aromatic heterocycles. The van der Waals surface area contributed by atoms with Crippen LogP contribution in [0.2, 0.25) is 0 Å². The standard InChI is InChI=1S/C4H6O6S/c5-3-1-4(6,2-10-3)11(7,8)9/h6H,1-2H2,(H,7,8,9). The first kappa shape index (κ1) is 8.44. The van der Waals surface area contributed by atoms with E-state index in [4.69, 9.17) is 9.66 Å². The smallest absolute Gasteiger partial charge is 0.310 e. The molecule has 1 heterocycles. The van der Waals surface area contributed by atoms with Crippen molar-refractivity contribution in [3.05, 3.63) is 0 Å². The molecule has 1 unspecified atom stereocenters. The molecule has 64 valence electrons. The van der Waals surface area contributed by atoms with Gasteiger partial charge < -0.3 is 9.84 Å². The zero-order chi connectivity index (χ0) is 8.70. The Morgan fingerprint density at radius 3 is 2.27 bits per heavy atom. The predicted molar refractivity (Wildman–Crippen MR) is 32.1 cm³/mol. The van der Waals surface area contributed by atoms with Crippen molar-refractivity contribution in [1.82, 2.24) is 0 Å². The Balaban J connectivity index is 2.96. The molecule has 11 heavy (non-hydrogen) atoms. The molecular formula is C4H6O6S. The summed E-state index contributed by atoms with van der Waals surface area (Å²) in [7, 11) is -4.63. The fourth-order valence-electron chi connectivity index (χ4n) is 0.687. The van der Waals surface area contributed by atoms with Crippen molar-refractivity contribution in [2.45, 2.75) is 11.4 Å². The zero-order valence-electron chi connectivity index (χ0n) is 5.35. The quantitative estimate of drug-likeness (QED) is 0.378. The Kier molecular flexibility index (Phi) is 1.66. The second-order valence-electron chi connectivity index (χ2n) is 2.26. The van der Waals surface area contributed by atoms with E-state index in [1.165, 1.54) is 0 Å². The molecule has 1 rings (SSSR count). The van der Waals surface area contributed by atoms with Crippen molar-refractivity contribution < 1.29 is 27.6 Å². The topological polar surface area (TPSA) is 101 Å². The summed E-state index contributed by atoms with van der Waals surface area (Å²) in [5.41, 5.74) is 0. The van der Waals surface area contributed by atoms with Gasteiger partial charge in [0, 0.05) is 0 Å². The van der Waals surface area contributed by atoms with Gasteiger partial charge in [-0.3, -0.25) is 9.35 Å². The van der Waals surface area contributed by atoms with Gasteiger partial charge in [0.15, 0.2) is 0 Å². The maximum atomic E-state index is 10.4. The van der Waals surface area contributed by atoms with Crippen LogP contribution in [-0.4, -0.2) is 35.6 Å². The first-order chi connectivity index (χ1) is 4.85. The van der Waals surface area contributed by atoms with Crippen molar-refractivity contribution in [1.29, 1.82) is 0 Å². The first-order valence-electron chi connectivity index (χ1n) is 2.70. The van der Waals surface area contributed by atoms with E-state index < -0.39 is 34.0 Å². The Morgan fingerprint density at radius 2 is 2.09 bits per heavy atom. The Hall–Kier alpha value is -0.660. The average molecular weight is 182 g/mol. The Bertz CT molecular complexity index is 279. The largest absolute Gasteiger partial charge is 0.461 e. The van der Waals surface area contributed by atoms with Gasteiger partial charge in [-0.15, -0.1) is 0 Å². The first-order valence-corrected chi connectivity index (χ1v) is 4.14. The van der Waals surface area contributed by atoms with E-state index in [1.54, 1.807) is 0 Å². The van der Waals surface area contributed by atoms with Gasteiger partial charge in [0.25, 0.3) is 10.1 Å². The minimum atomic E-state index is -4.63.